The maximum absolute atomic E-state index is 5.25. The normalized spacial score (nSPS) is 12.3. The summed E-state index contributed by atoms with van der Waals surface area (Å²) in [7, 11) is 0. The van der Waals surface area contributed by atoms with Gasteiger partial charge in [0, 0.05) is 116 Å². The number of hydrogen-bond donors (Lipinski definition) is 2. The Morgan fingerprint density at radius 3 is 0.839 bits per heavy atom. The molecule has 0 spiro atoms. The quantitative estimate of drug-likeness (QED) is 0.116. The molecule has 0 saturated heterocycles. The largest absolute Gasteiger partial charge is 0.324 e. The van der Waals surface area contributed by atoms with Crippen molar-refractivity contribution < 1.29 is 0 Å². The molecule has 0 fully saturated rings. The SMILES string of the molecule is Brc1c(Br)c(Br)c2c(c1Br)-c1nc-2nc2[nH]c(nc3nc([nH]c4nc(n1)-c1c(Br)c(Br)c(Br)c(Br)c1-4)-c1c(Br)c(Br)c(Br)c(Br)c1-3)c1c(Br)c(Br)c(Br)c(Br)c21. The smallest absolute Gasteiger partial charge is 0.166 e. The third kappa shape index (κ3) is 6.43. The fraction of sp³-hybridized carbons (Fsp3) is 0. The second-order valence-corrected chi connectivity index (χ2v) is 24.3. The molecule has 5 heterocycles. The predicted octanol–water partition coefficient (Wildman–Crippen LogP) is 19.0. The highest BCUT2D eigenvalue weighted by Gasteiger charge is 2.35. The zero-order valence-electron chi connectivity index (χ0n) is 25.7. The molecule has 0 amide bonds. The van der Waals surface area contributed by atoms with Gasteiger partial charge >= 0.3 is 0 Å². The van der Waals surface area contributed by atoms with Gasteiger partial charge in [0.05, 0.1) is 0 Å². The Hall–Kier alpha value is 1.92. The Labute approximate surface area is 449 Å². The van der Waals surface area contributed by atoms with Crippen molar-refractivity contribution >= 4 is 277 Å². The van der Waals surface area contributed by atoms with Crippen molar-refractivity contribution in [2.45, 2.75) is 0 Å². The molecular weight excluding hydrogens is 1770 g/mol. The van der Waals surface area contributed by atoms with Crippen LogP contribution in [0.4, 0.5) is 0 Å². The summed E-state index contributed by atoms with van der Waals surface area (Å²) in [5.41, 5.74) is 5.32. The number of nitrogens with zero attached hydrogens (tertiary/aromatic N) is 6. The highest BCUT2D eigenvalue weighted by Crippen LogP contribution is 2.56. The molecule has 2 aromatic heterocycles. The number of rotatable bonds is 0. The maximum Gasteiger partial charge on any atom is 0.166 e. The maximum atomic E-state index is 5.25. The molecule has 3 aliphatic rings. The molecule has 56 heavy (non-hydrogen) atoms. The minimum Gasteiger partial charge on any atom is -0.324 e. The molecule has 0 saturated carbocycles. The van der Waals surface area contributed by atoms with Crippen LogP contribution >= 0.6 is 255 Å². The van der Waals surface area contributed by atoms with Crippen molar-refractivity contribution in [3.8, 4) is 68.3 Å². The number of aromatic amines is 2. The molecule has 9 rings (SSSR count). The Kier molecular flexibility index (Phi) is 12.2. The van der Waals surface area contributed by atoms with Gasteiger partial charge in [0.15, 0.2) is 23.3 Å². The van der Waals surface area contributed by atoms with E-state index in [0.717, 1.165) is 99.0 Å². The number of halogens is 16. The topological polar surface area (TPSA) is 109 Å². The van der Waals surface area contributed by atoms with E-state index in [2.05, 4.69) is 265 Å². The van der Waals surface area contributed by atoms with Crippen molar-refractivity contribution in [2.24, 2.45) is 0 Å². The molecule has 24 heteroatoms. The average molecular weight is 1780 g/mol. The second kappa shape index (κ2) is 15.9. The summed E-state index contributed by atoms with van der Waals surface area (Å²) in [6.07, 6.45) is 0. The molecule has 8 nitrogen and oxygen atoms in total. The third-order valence-corrected chi connectivity index (χ3v) is 27.8. The van der Waals surface area contributed by atoms with Crippen molar-refractivity contribution in [1.82, 2.24) is 39.9 Å². The van der Waals surface area contributed by atoms with E-state index in [4.69, 9.17) is 29.9 Å². The van der Waals surface area contributed by atoms with Gasteiger partial charge in [0.1, 0.15) is 22.9 Å². The number of benzene rings is 4. The van der Waals surface area contributed by atoms with Crippen LogP contribution in [0.5, 0.6) is 0 Å². The number of aromatic nitrogens is 8. The van der Waals surface area contributed by atoms with E-state index >= 15 is 0 Å². The number of fused-ring (bicyclic) bond motifs is 20. The lowest BCUT2D eigenvalue weighted by atomic mass is 10.1. The van der Waals surface area contributed by atoms with Crippen LogP contribution in [-0.2, 0) is 0 Å². The van der Waals surface area contributed by atoms with E-state index < -0.39 is 0 Å². The van der Waals surface area contributed by atoms with Gasteiger partial charge in [-0.3, -0.25) is 0 Å². The van der Waals surface area contributed by atoms with Gasteiger partial charge in [-0.05, 0) is 255 Å². The van der Waals surface area contributed by atoms with Crippen molar-refractivity contribution in [1.29, 1.82) is 0 Å². The molecule has 2 N–H and O–H groups in total. The summed E-state index contributed by atoms with van der Waals surface area (Å²) in [5, 5.41) is 1.49. The van der Waals surface area contributed by atoms with Crippen LogP contribution in [0.3, 0.4) is 0 Å². The zero-order valence-corrected chi connectivity index (χ0v) is 51.1. The summed E-state index contributed by atoms with van der Waals surface area (Å²) in [6.45, 7) is 0. The number of nitrogens with one attached hydrogen (secondary N) is 2. The van der Waals surface area contributed by atoms with Crippen LogP contribution in [0.2, 0.25) is 0 Å². The van der Waals surface area contributed by atoms with E-state index in [-0.39, 0.29) is 0 Å². The lowest BCUT2D eigenvalue weighted by Gasteiger charge is -2.12. The Morgan fingerprint density at radius 1 is 0.232 bits per heavy atom. The molecule has 282 valence electrons. The highest BCUT2D eigenvalue weighted by molar-refractivity contribution is 9.17. The second-order valence-electron chi connectivity index (χ2n) is 11.6. The Morgan fingerprint density at radius 2 is 0.482 bits per heavy atom. The van der Waals surface area contributed by atoms with Gasteiger partial charge in [-0.25, -0.2) is 29.9 Å². The molecule has 6 aromatic rings. The van der Waals surface area contributed by atoms with Crippen LogP contribution in [0.25, 0.3) is 90.4 Å². The van der Waals surface area contributed by atoms with Crippen LogP contribution in [0.1, 0.15) is 0 Å². The van der Waals surface area contributed by atoms with E-state index in [9.17, 15) is 0 Å². The van der Waals surface area contributed by atoms with Crippen LogP contribution in [0, 0.1) is 0 Å². The van der Waals surface area contributed by atoms with E-state index in [1.807, 2.05) is 0 Å². The highest BCUT2D eigenvalue weighted by atomic mass is 79.9. The molecule has 0 atom stereocenters. The van der Waals surface area contributed by atoms with Gasteiger partial charge in [-0.1, -0.05) is 0 Å². The van der Waals surface area contributed by atoms with Crippen molar-refractivity contribution in [3.63, 3.8) is 0 Å². The van der Waals surface area contributed by atoms with Crippen LogP contribution in [0.15, 0.2) is 71.6 Å². The molecule has 8 bridgehead atoms. The zero-order chi connectivity index (χ0) is 40.1. The summed E-state index contributed by atoms with van der Waals surface area (Å²) < 4.78 is 12.1. The van der Waals surface area contributed by atoms with Gasteiger partial charge < -0.3 is 9.97 Å². The summed E-state index contributed by atoms with van der Waals surface area (Å²) in [4.78, 5) is 38.2. The monoisotopic (exact) mass is 1760 g/mol. The minimum absolute atomic E-state index is 0.379. The average Bonchev–Trinajstić information content (AvgIpc) is 3.92. The van der Waals surface area contributed by atoms with E-state index in [0.29, 0.717) is 62.9 Å². The van der Waals surface area contributed by atoms with Crippen molar-refractivity contribution in [2.75, 3.05) is 0 Å². The first-order valence-electron chi connectivity index (χ1n) is 14.7. The third-order valence-electron chi connectivity index (χ3n) is 8.68. The van der Waals surface area contributed by atoms with E-state index in [1.165, 1.54) is 0 Å². The van der Waals surface area contributed by atoms with Gasteiger partial charge in [0.2, 0.25) is 0 Å². The summed E-state index contributed by atoms with van der Waals surface area (Å²) >= 11 is 60.7. The van der Waals surface area contributed by atoms with Gasteiger partial charge in [0.25, 0.3) is 0 Å². The van der Waals surface area contributed by atoms with Gasteiger partial charge in [-0.2, -0.15) is 0 Å². The molecular formula is C32H2Br16N8. The standard InChI is InChI=1S/C32H2Br16N8/c33-9-1-2(10(34)18(42)17(9)41)26-49-25(1)53-27-3-4(12(36)20(44)19(43)11(3)35)29(50-27)55-31-7-8(16(40)24(48)23(47)15(7)39)32(52-31)56-30-6-5(28(51-30)54-26)13(37)21(45)22(46)14(6)38/h(H2,49,50,51,52,53,54,55,56). The number of hydrogen-bond acceptors (Lipinski definition) is 6. The summed E-state index contributed by atoms with van der Waals surface area (Å²) in [5.74, 6) is 2.55. The Bertz CT molecular complexity index is 2920. The van der Waals surface area contributed by atoms with Crippen molar-refractivity contribution in [3.05, 3.63) is 71.6 Å². The predicted molar refractivity (Wildman–Crippen MR) is 277 cm³/mol. The fourth-order valence-corrected chi connectivity index (χ4v) is 16.2. The fourth-order valence-electron chi connectivity index (χ4n) is 6.24. The number of H-pyrrole nitrogens is 2. The first-order chi connectivity index (χ1) is 26.4. The first-order valence-corrected chi connectivity index (χ1v) is 27.4. The van der Waals surface area contributed by atoms with E-state index in [1.54, 1.807) is 0 Å². The Balaban J connectivity index is 1.58. The molecule has 0 radical (unpaired) electrons. The molecule has 0 unspecified atom stereocenters. The minimum atomic E-state index is 0.379. The first kappa shape index (κ1) is 43.2. The molecule has 4 aromatic carbocycles. The summed E-state index contributed by atoms with van der Waals surface area (Å²) in [6, 6.07) is 0. The van der Waals surface area contributed by atoms with Gasteiger partial charge in [-0.15, -0.1) is 0 Å². The molecule has 3 aliphatic heterocycles. The van der Waals surface area contributed by atoms with Crippen LogP contribution < -0.4 is 0 Å². The lowest BCUT2D eigenvalue weighted by molar-refractivity contribution is 1.14. The molecule has 0 aliphatic carbocycles. The van der Waals surface area contributed by atoms with Crippen LogP contribution in [-0.4, -0.2) is 39.9 Å². The lowest BCUT2D eigenvalue weighted by Crippen LogP contribution is -1.91.